The van der Waals surface area contributed by atoms with Gasteiger partial charge < -0.3 is 4.98 Å². The van der Waals surface area contributed by atoms with E-state index >= 15 is 0 Å². The van der Waals surface area contributed by atoms with E-state index < -0.39 is 23.2 Å². The number of rotatable bonds is 1. The maximum absolute atomic E-state index is 13.4. The maximum atomic E-state index is 13.4. The second kappa shape index (κ2) is 4.61. The van der Waals surface area contributed by atoms with Gasteiger partial charge in [0, 0.05) is 10.9 Å². The second-order valence-electron chi connectivity index (χ2n) is 5.18. The molecular weight excluding hydrogens is 299 g/mol. The van der Waals surface area contributed by atoms with Crippen molar-refractivity contribution in [3.63, 3.8) is 0 Å². The third-order valence-corrected chi connectivity index (χ3v) is 3.82. The number of imide groups is 1. The Bertz CT molecular complexity index is 1060. The van der Waals surface area contributed by atoms with E-state index in [2.05, 4.69) is 4.98 Å². The van der Waals surface area contributed by atoms with Crippen LogP contribution in [0.3, 0.4) is 0 Å². The highest BCUT2D eigenvalue weighted by atomic mass is 19.1. The summed E-state index contributed by atoms with van der Waals surface area (Å²) >= 11 is 0. The zero-order valence-electron chi connectivity index (χ0n) is 11.7. The molecule has 0 aliphatic carbocycles. The lowest BCUT2D eigenvalue weighted by atomic mass is 10.1. The summed E-state index contributed by atoms with van der Waals surface area (Å²) in [6, 6.07) is 11.9. The van der Waals surface area contributed by atoms with Gasteiger partial charge in [-0.3, -0.25) is 14.4 Å². The molecular formula is C17H9FN2O3. The van der Waals surface area contributed by atoms with Gasteiger partial charge in [-0.25, -0.2) is 9.29 Å². The number of hydrogen-bond acceptors (Lipinski definition) is 3. The van der Waals surface area contributed by atoms with Crippen LogP contribution in [0.15, 0.2) is 53.3 Å². The average Bonchev–Trinajstić information content (AvgIpc) is 2.80. The number of nitrogens with one attached hydrogen (secondary N) is 1. The van der Waals surface area contributed by atoms with Crippen LogP contribution >= 0.6 is 0 Å². The summed E-state index contributed by atoms with van der Waals surface area (Å²) in [4.78, 5) is 40.9. The van der Waals surface area contributed by atoms with Crippen molar-refractivity contribution in [2.24, 2.45) is 0 Å². The van der Waals surface area contributed by atoms with Crippen molar-refractivity contribution in [1.82, 2.24) is 4.98 Å². The van der Waals surface area contributed by atoms with Gasteiger partial charge in [-0.1, -0.05) is 24.3 Å². The molecule has 0 radical (unpaired) electrons. The van der Waals surface area contributed by atoms with Gasteiger partial charge in [-0.05, 0) is 24.3 Å². The number of halogens is 1. The predicted octanol–water partition coefficient (Wildman–Crippen LogP) is 2.47. The number of fused-ring (bicyclic) bond motifs is 3. The molecule has 112 valence electrons. The molecule has 23 heavy (non-hydrogen) atoms. The number of amides is 2. The van der Waals surface area contributed by atoms with Crippen molar-refractivity contribution in [3.05, 3.63) is 75.8 Å². The van der Waals surface area contributed by atoms with Crippen LogP contribution in [0.1, 0.15) is 20.7 Å². The van der Waals surface area contributed by atoms with Crippen LogP contribution in [0, 0.1) is 5.82 Å². The molecule has 5 nitrogen and oxygen atoms in total. The first-order valence-corrected chi connectivity index (χ1v) is 6.87. The molecule has 1 aliphatic heterocycles. The molecule has 0 fully saturated rings. The van der Waals surface area contributed by atoms with Crippen LogP contribution in [0.25, 0.3) is 10.9 Å². The summed E-state index contributed by atoms with van der Waals surface area (Å²) in [5.41, 5.74) is -0.217. The highest BCUT2D eigenvalue weighted by molar-refractivity contribution is 6.37. The van der Waals surface area contributed by atoms with Crippen LogP contribution < -0.4 is 10.5 Å². The van der Waals surface area contributed by atoms with E-state index in [1.54, 1.807) is 24.3 Å². The maximum Gasteiger partial charge on any atom is 0.271 e. The molecule has 3 aromatic rings. The number of carbonyl (C=O) groups excluding carboxylic acids is 2. The first-order valence-electron chi connectivity index (χ1n) is 6.87. The lowest BCUT2D eigenvalue weighted by Gasteiger charge is -2.13. The number of pyridine rings is 1. The number of aromatic nitrogens is 1. The van der Waals surface area contributed by atoms with Crippen molar-refractivity contribution in [3.8, 4) is 0 Å². The molecule has 0 bridgehead atoms. The SMILES string of the molecule is O=C1c2c(c3ccccc3[nH]c2=O)C(=O)N1c1cccc(F)c1. The van der Waals surface area contributed by atoms with E-state index in [0.717, 1.165) is 11.0 Å². The normalized spacial score (nSPS) is 13.7. The molecule has 0 spiro atoms. The van der Waals surface area contributed by atoms with Gasteiger partial charge in [-0.15, -0.1) is 0 Å². The van der Waals surface area contributed by atoms with Crippen LogP contribution in [0.2, 0.25) is 0 Å². The molecule has 1 N–H and O–H groups in total. The van der Waals surface area contributed by atoms with Crippen LogP contribution in [-0.4, -0.2) is 16.8 Å². The molecule has 2 amide bonds. The van der Waals surface area contributed by atoms with Gasteiger partial charge in [0.15, 0.2) is 0 Å². The zero-order valence-corrected chi connectivity index (χ0v) is 11.7. The number of aromatic amines is 1. The van der Waals surface area contributed by atoms with E-state index in [1.165, 1.54) is 18.2 Å². The topological polar surface area (TPSA) is 70.2 Å². The van der Waals surface area contributed by atoms with Gasteiger partial charge >= 0.3 is 0 Å². The van der Waals surface area contributed by atoms with Crippen LogP contribution in [0.5, 0.6) is 0 Å². The van der Waals surface area contributed by atoms with Gasteiger partial charge in [0.05, 0.1) is 11.3 Å². The van der Waals surface area contributed by atoms with Crippen molar-refractivity contribution in [2.75, 3.05) is 4.90 Å². The summed E-state index contributed by atoms with van der Waals surface area (Å²) in [5, 5.41) is 0.486. The largest absolute Gasteiger partial charge is 0.321 e. The van der Waals surface area contributed by atoms with Crippen molar-refractivity contribution in [2.45, 2.75) is 0 Å². The van der Waals surface area contributed by atoms with Crippen molar-refractivity contribution >= 4 is 28.4 Å². The third-order valence-electron chi connectivity index (χ3n) is 3.82. The van der Waals surface area contributed by atoms with E-state index in [4.69, 9.17) is 0 Å². The standard InChI is InChI=1S/C17H9FN2O3/c18-9-4-3-5-10(8-9)20-16(22)13-11-6-1-2-7-12(11)19-15(21)14(13)17(20)23/h1-8H,(H,19,21). The van der Waals surface area contributed by atoms with Crippen LogP contribution in [-0.2, 0) is 0 Å². The lowest BCUT2D eigenvalue weighted by molar-refractivity contribution is 0.0926. The molecule has 0 saturated heterocycles. The lowest BCUT2D eigenvalue weighted by Crippen LogP contribution is -2.30. The molecule has 1 aliphatic rings. The fourth-order valence-electron chi connectivity index (χ4n) is 2.83. The van der Waals surface area contributed by atoms with Crippen LogP contribution in [0.4, 0.5) is 10.1 Å². The Morgan fingerprint density at radius 3 is 2.39 bits per heavy atom. The summed E-state index contributed by atoms with van der Waals surface area (Å²) in [6.07, 6.45) is 0. The highest BCUT2D eigenvalue weighted by Gasteiger charge is 2.40. The van der Waals surface area contributed by atoms with Crippen molar-refractivity contribution in [1.29, 1.82) is 0 Å². The molecule has 0 unspecified atom stereocenters. The van der Waals surface area contributed by atoms with Gasteiger partial charge in [0.2, 0.25) is 0 Å². The Hall–Kier alpha value is -3.28. The minimum Gasteiger partial charge on any atom is -0.321 e. The number of H-pyrrole nitrogens is 1. The molecule has 6 heteroatoms. The second-order valence-corrected chi connectivity index (χ2v) is 5.18. The molecule has 0 saturated carbocycles. The van der Waals surface area contributed by atoms with Gasteiger partial charge in [0.25, 0.3) is 17.4 Å². The molecule has 2 heterocycles. The average molecular weight is 308 g/mol. The zero-order chi connectivity index (χ0) is 16.1. The monoisotopic (exact) mass is 308 g/mol. The smallest absolute Gasteiger partial charge is 0.271 e. The third kappa shape index (κ3) is 1.81. The number of hydrogen-bond donors (Lipinski definition) is 1. The Morgan fingerprint density at radius 1 is 0.870 bits per heavy atom. The summed E-state index contributed by atoms with van der Waals surface area (Å²) in [7, 11) is 0. The quantitative estimate of drug-likeness (QED) is 0.702. The van der Waals surface area contributed by atoms with E-state index in [9.17, 15) is 18.8 Å². The fraction of sp³-hybridized carbons (Fsp3) is 0. The molecule has 1 aromatic heterocycles. The van der Waals surface area contributed by atoms with Gasteiger partial charge in [0.1, 0.15) is 11.4 Å². The Kier molecular flexibility index (Phi) is 2.68. The highest BCUT2D eigenvalue weighted by Crippen LogP contribution is 2.30. The minimum atomic E-state index is -0.748. The van der Waals surface area contributed by atoms with E-state index in [0.29, 0.717) is 10.9 Å². The Morgan fingerprint density at radius 2 is 1.61 bits per heavy atom. The predicted molar refractivity (Wildman–Crippen MR) is 82.1 cm³/mol. The fourth-order valence-corrected chi connectivity index (χ4v) is 2.83. The molecule has 0 atom stereocenters. The molecule has 2 aromatic carbocycles. The first-order chi connectivity index (χ1) is 11.1. The summed E-state index contributed by atoms with van der Waals surface area (Å²) in [5.74, 6) is -1.95. The number of benzene rings is 2. The Labute approximate surface area is 129 Å². The summed E-state index contributed by atoms with van der Waals surface area (Å²) < 4.78 is 13.4. The molecule has 4 rings (SSSR count). The number of nitrogens with zero attached hydrogens (tertiary/aromatic N) is 1. The Balaban J connectivity index is 2.01. The number of carbonyl (C=O) groups is 2. The minimum absolute atomic E-state index is 0.0543. The van der Waals surface area contributed by atoms with Crippen molar-refractivity contribution < 1.29 is 14.0 Å². The van der Waals surface area contributed by atoms with E-state index in [-0.39, 0.29) is 16.8 Å². The van der Waals surface area contributed by atoms with E-state index in [1.807, 2.05) is 0 Å². The number of anilines is 1. The van der Waals surface area contributed by atoms with Gasteiger partial charge in [-0.2, -0.15) is 0 Å². The number of para-hydroxylation sites is 1. The summed E-state index contributed by atoms with van der Waals surface area (Å²) in [6.45, 7) is 0. The first kappa shape index (κ1) is 13.4.